The molecule has 2 aromatic carbocycles. The van der Waals surface area contributed by atoms with Crippen LogP contribution in [0.25, 0.3) is 0 Å². The van der Waals surface area contributed by atoms with Gasteiger partial charge in [-0.3, -0.25) is 10.1 Å². The van der Waals surface area contributed by atoms with Crippen molar-refractivity contribution in [2.75, 3.05) is 11.4 Å². The quantitative estimate of drug-likeness (QED) is 0.564. The van der Waals surface area contributed by atoms with Crippen molar-refractivity contribution in [2.24, 2.45) is 0 Å². The van der Waals surface area contributed by atoms with Crippen LogP contribution in [0.5, 0.6) is 0 Å². The van der Waals surface area contributed by atoms with Gasteiger partial charge in [0.1, 0.15) is 5.60 Å². The first-order valence-corrected chi connectivity index (χ1v) is 11.1. The van der Waals surface area contributed by atoms with Crippen LogP contribution in [0.2, 0.25) is 0 Å². The first kappa shape index (κ1) is 21.7. The van der Waals surface area contributed by atoms with Crippen LogP contribution in [0.15, 0.2) is 57.9 Å². The normalized spacial score (nSPS) is 18.5. The number of carbonyl (C=O) groups is 2. The number of benzene rings is 2. The lowest BCUT2D eigenvalue weighted by Crippen LogP contribution is -2.52. The third-order valence-corrected chi connectivity index (χ3v) is 6.12. The molecule has 1 unspecified atom stereocenters. The summed E-state index contributed by atoms with van der Waals surface area (Å²) in [5.74, 6) is -0.174. The summed E-state index contributed by atoms with van der Waals surface area (Å²) in [6, 6.07) is 15.3. The molecule has 29 heavy (non-hydrogen) atoms. The van der Waals surface area contributed by atoms with Gasteiger partial charge in [-0.15, -0.1) is 0 Å². The molecule has 0 aliphatic carbocycles. The number of carbonyl (C=O) groups excluding carboxylic acids is 2. The predicted octanol–water partition coefficient (Wildman–Crippen LogP) is 5.68. The molecular formula is C22H25BrN2O3S. The van der Waals surface area contributed by atoms with E-state index in [0.717, 1.165) is 27.0 Å². The van der Waals surface area contributed by atoms with E-state index in [0.29, 0.717) is 6.54 Å². The molecule has 0 radical (unpaired) electrons. The molecular weight excluding hydrogens is 452 g/mol. The van der Waals surface area contributed by atoms with Crippen molar-refractivity contribution < 1.29 is 14.3 Å². The number of anilines is 1. The average molecular weight is 477 g/mol. The van der Waals surface area contributed by atoms with Gasteiger partial charge in [0.25, 0.3) is 5.91 Å². The summed E-state index contributed by atoms with van der Waals surface area (Å²) < 4.78 is 6.34. The Morgan fingerprint density at radius 3 is 2.52 bits per heavy atom. The number of thioether (sulfide) groups is 1. The highest BCUT2D eigenvalue weighted by Crippen LogP contribution is 2.50. The average Bonchev–Trinajstić information content (AvgIpc) is 2.84. The maximum atomic E-state index is 13.7. The van der Waals surface area contributed by atoms with E-state index in [2.05, 4.69) is 21.2 Å². The zero-order chi connectivity index (χ0) is 21.2. The first-order valence-electron chi connectivity index (χ1n) is 9.53. The van der Waals surface area contributed by atoms with Crippen LogP contribution in [0.1, 0.15) is 39.7 Å². The van der Waals surface area contributed by atoms with Gasteiger partial charge in [-0.1, -0.05) is 52.8 Å². The number of hydrogen-bond acceptors (Lipinski definition) is 4. The molecule has 1 heterocycles. The molecule has 0 spiro atoms. The van der Waals surface area contributed by atoms with Gasteiger partial charge in [0.2, 0.25) is 4.87 Å². The highest BCUT2D eigenvalue weighted by Gasteiger charge is 2.53. The minimum Gasteiger partial charge on any atom is -0.444 e. The molecule has 1 N–H and O–H groups in total. The molecule has 2 amide bonds. The van der Waals surface area contributed by atoms with Crippen molar-refractivity contribution >= 4 is 45.4 Å². The fourth-order valence-electron chi connectivity index (χ4n) is 3.24. The topological polar surface area (TPSA) is 58.6 Å². The molecule has 1 aliphatic rings. The molecule has 3 rings (SSSR count). The van der Waals surface area contributed by atoms with Crippen LogP contribution in [0, 0.1) is 0 Å². The summed E-state index contributed by atoms with van der Waals surface area (Å²) in [5, 5.41) is 2.91. The number of amides is 2. The Bertz CT molecular complexity index is 914. The largest absolute Gasteiger partial charge is 0.444 e. The van der Waals surface area contributed by atoms with Crippen molar-refractivity contribution in [1.82, 2.24) is 5.32 Å². The molecule has 0 aromatic heterocycles. The minimum absolute atomic E-state index is 0.174. The monoisotopic (exact) mass is 476 g/mol. The van der Waals surface area contributed by atoms with E-state index >= 15 is 0 Å². The van der Waals surface area contributed by atoms with Crippen LogP contribution in [-0.2, 0) is 14.4 Å². The van der Waals surface area contributed by atoms with Crippen LogP contribution in [0.3, 0.4) is 0 Å². The van der Waals surface area contributed by atoms with Gasteiger partial charge >= 0.3 is 6.09 Å². The fraction of sp³-hybridized carbons (Fsp3) is 0.364. The molecule has 0 bridgehead atoms. The second-order valence-electron chi connectivity index (χ2n) is 7.84. The van der Waals surface area contributed by atoms with Crippen molar-refractivity contribution in [3.05, 3.63) is 58.6 Å². The lowest BCUT2D eigenvalue weighted by atomic mass is 10.1. The van der Waals surface area contributed by atoms with E-state index in [9.17, 15) is 9.59 Å². The maximum Gasteiger partial charge on any atom is 0.409 e. The number of nitrogens with one attached hydrogen (secondary N) is 1. The third kappa shape index (κ3) is 4.61. The van der Waals surface area contributed by atoms with E-state index in [4.69, 9.17) is 4.74 Å². The highest BCUT2D eigenvalue weighted by atomic mass is 79.9. The summed E-state index contributed by atoms with van der Waals surface area (Å²) >= 11 is 4.83. The number of rotatable bonds is 5. The zero-order valence-corrected chi connectivity index (χ0v) is 19.4. The molecule has 7 heteroatoms. The summed E-state index contributed by atoms with van der Waals surface area (Å²) in [6.45, 7) is 7.99. The second-order valence-corrected chi connectivity index (χ2v) is 10.0. The molecule has 1 aliphatic heterocycles. The van der Waals surface area contributed by atoms with Gasteiger partial charge in [-0.25, -0.2) is 4.79 Å². The Hall–Kier alpha value is -1.99. The molecule has 154 valence electrons. The number of nitrogens with zero attached hydrogens (tertiary/aromatic N) is 1. The Morgan fingerprint density at radius 1 is 1.21 bits per heavy atom. The van der Waals surface area contributed by atoms with Gasteiger partial charge < -0.3 is 9.64 Å². The summed E-state index contributed by atoms with van der Waals surface area (Å²) in [6.07, 6.45) is 0.179. The molecule has 0 saturated heterocycles. The van der Waals surface area contributed by atoms with Crippen LogP contribution >= 0.6 is 27.7 Å². The van der Waals surface area contributed by atoms with Crippen molar-refractivity contribution in [1.29, 1.82) is 0 Å². The Morgan fingerprint density at radius 2 is 1.90 bits per heavy atom. The summed E-state index contributed by atoms with van der Waals surface area (Å²) in [5.41, 5.74) is 0.873. The van der Waals surface area contributed by atoms with Gasteiger partial charge in [-0.05, 0) is 57.5 Å². The smallest absolute Gasteiger partial charge is 0.409 e. The standard InChI is InChI=1S/C22H25BrN2O3S/c1-5-13-25-18-12-11-15(23)14-17(18)22(19(25)26,24-20(27)28-21(2,3)4)29-16-9-7-6-8-10-16/h6-12,14H,5,13H2,1-4H3,(H,24,27). The Labute approximate surface area is 184 Å². The maximum absolute atomic E-state index is 13.7. The van der Waals surface area contributed by atoms with Gasteiger partial charge in [0, 0.05) is 21.5 Å². The highest BCUT2D eigenvalue weighted by molar-refractivity contribution is 9.10. The molecule has 1 atom stereocenters. The Kier molecular flexibility index (Phi) is 6.29. The van der Waals surface area contributed by atoms with Crippen molar-refractivity contribution in [3.8, 4) is 0 Å². The number of hydrogen-bond donors (Lipinski definition) is 1. The van der Waals surface area contributed by atoms with E-state index in [1.165, 1.54) is 11.8 Å². The first-order chi connectivity index (χ1) is 13.7. The second kappa shape index (κ2) is 8.40. The summed E-state index contributed by atoms with van der Waals surface area (Å²) in [4.78, 5) is 27.8. The third-order valence-electron chi connectivity index (χ3n) is 4.31. The summed E-state index contributed by atoms with van der Waals surface area (Å²) in [7, 11) is 0. The SMILES string of the molecule is CCCN1C(=O)C(NC(=O)OC(C)(C)C)(Sc2ccccc2)c2cc(Br)ccc21. The number of ether oxygens (including phenoxy) is 1. The van der Waals surface area contributed by atoms with Crippen molar-refractivity contribution in [3.63, 3.8) is 0 Å². The Balaban J connectivity index is 2.12. The molecule has 0 saturated carbocycles. The number of fused-ring (bicyclic) bond motifs is 1. The molecule has 0 fully saturated rings. The molecule has 5 nitrogen and oxygen atoms in total. The van der Waals surface area contributed by atoms with Crippen molar-refractivity contribution in [2.45, 2.75) is 49.5 Å². The lowest BCUT2D eigenvalue weighted by Gasteiger charge is -2.31. The van der Waals surface area contributed by atoms with Gasteiger partial charge in [0.05, 0.1) is 5.69 Å². The lowest BCUT2D eigenvalue weighted by molar-refractivity contribution is -0.121. The van der Waals surface area contributed by atoms with E-state index in [-0.39, 0.29) is 5.91 Å². The van der Waals surface area contributed by atoms with E-state index in [1.807, 2.05) is 55.5 Å². The van der Waals surface area contributed by atoms with Crippen LogP contribution in [0.4, 0.5) is 10.5 Å². The predicted molar refractivity (Wildman–Crippen MR) is 120 cm³/mol. The fourth-order valence-corrected chi connectivity index (χ4v) is 4.86. The molecule has 2 aromatic rings. The van der Waals surface area contributed by atoms with Gasteiger partial charge in [-0.2, -0.15) is 0 Å². The minimum atomic E-state index is -1.31. The van der Waals surface area contributed by atoms with Gasteiger partial charge in [0.15, 0.2) is 0 Å². The van der Waals surface area contributed by atoms with Crippen LogP contribution in [-0.4, -0.2) is 24.1 Å². The number of halogens is 1. The zero-order valence-electron chi connectivity index (χ0n) is 17.0. The van der Waals surface area contributed by atoms with E-state index < -0.39 is 16.6 Å². The number of alkyl carbamates (subject to hydrolysis) is 1. The van der Waals surface area contributed by atoms with E-state index in [1.54, 1.807) is 25.7 Å². The van der Waals surface area contributed by atoms with Crippen LogP contribution < -0.4 is 10.2 Å².